The van der Waals surface area contributed by atoms with Gasteiger partial charge in [0.2, 0.25) is 10.0 Å². The Morgan fingerprint density at radius 1 is 1.07 bits per heavy atom. The Hall–Kier alpha value is -2.87. The number of ether oxygens (including phenoxy) is 3. The third-order valence-electron chi connectivity index (χ3n) is 6.96. The molecule has 2 aromatic carbocycles. The maximum absolute atomic E-state index is 13.8. The summed E-state index contributed by atoms with van der Waals surface area (Å²) in [6.45, 7) is 2.52. The second-order valence-electron chi connectivity index (χ2n) is 9.56. The van der Waals surface area contributed by atoms with E-state index in [4.69, 9.17) is 19.0 Å². The summed E-state index contributed by atoms with van der Waals surface area (Å²) in [6.07, 6.45) is -2.07. The number of piperidine rings is 1. The molecule has 0 radical (unpaired) electrons. The number of nitrogens with one attached hydrogen (secondary N) is 1. The fraction of sp³-hybridized carbons (Fsp3) is 0.519. The first kappa shape index (κ1) is 30.1. The van der Waals surface area contributed by atoms with Crippen LogP contribution in [0.2, 0.25) is 0 Å². The van der Waals surface area contributed by atoms with Gasteiger partial charge in [-0.1, -0.05) is 6.92 Å². The number of nitrogens with zero attached hydrogens (tertiary/aromatic N) is 1. The molecule has 2 aliphatic rings. The highest BCUT2D eigenvalue weighted by Crippen LogP contribution is 2.33. The summed E-state index contributed by atoms with van der Waals surface area (Å²) in [5, 5.41) is 0. The zero-order valence-electron chi connectivity index (χ0n) is 22.3. The van der Waals surface area contributed by atoms with E-state index >= 15 is 0 Å². The second kappa shape index (κ2) is 12.8. The fourth-order valence-electron chi connectivity index (χ4n) is 4.83. The van der Waals surface area contributed by atoms with Gasteiger partial charge in [0.15, 0.2) is 6.29 Å². The van der Waals surface area contributed by atoms with Crippen LogP contribution in [-0.2, 0) is 32.2 Å². The largest absolute Gasteiger partial charge is 0.496 e. The quantitative estimate of drug-likeness (QED) is 0.425. The summed E-state index contributed by atoms with van der Waals surface area (Å²) in [7, 11) is -2.66. The third-order valence-corrected chi connectivity index (χ3v) is 8.90. The molecule has 0 spiro atoms. The molecule has 2 aromatic rings. The number of hydrogen-bond donors (Lipinski definition) is 1. The predicted molar refractivity (Wildman–Crippen MR) is 138 cm³/mol. The first-order chi connectivity index (χ1) is 19.0. The molecule has 2 aliphatic heterocycles. The van der Waals surface area contributed by atoms with Crippen molar-refractivity contribution in [3.63, 3.8) is 0 Å². The molecule has 2 saturated heterocycles. The number of carbonyl (C=O) groups is 1. The van der Waals surface area contributed by atoms with Crippen LogP contribution < -0.4 is 15.0 Å². The Balaban J connectivity index is 1.49. The first-order valence-corrected chi connectivity index (χ1v) is 14.6. The Morgan fingerprint density at radius 2 is 1.77 bits per heavy atom. The summed E-state index contributed by atoms with van der Waals surface area (Å²) in [4.78, 5) is 18.6. The molecule has 40 heavy (non-hydrogen) atoms. The number of carbonyl (C=O) groups excluding carboxylic acids is 1. The summed E-state index contributed by atoms with van der Waals surface area (Å²) >= 11 is 0. The smallest absolute Gasteiger partial charge is 0.416 e. The molecule has 2 heterocycles. The molecule has 220 valence electrons. The monoisotopic (exact) mass is 586 g/mol. The average molecular weight is 587 g/mol. The normalized spacial score (nSPS) is 19.3. The van der Waals surface area contributed by atoms with Gasteiger partial charge in [-0.2, -0.15) is 17.5 Å². The molecule has 2 fully saturated rings. The van der Waals surface area contributed by atoms with Crippen molar-refractivity contribution in [2.45, 2.75) is 68.9 Å². The lowest BCUT2D eigenvalue weighted by Gasteiger charge is -2.32. The molecule has 4 rings (SSSR count). The third kappa shape index (κ3) is 6.88. The summed E-state index contributed by atoms with van der Waals surface area (Å²) in [6, 6.07) is 7.27. The van der Waals surface area contributed by atoms with Crippen molar-refractivity contribution in [2.24, 2.45) is 0 Å². The van der Waals surface area contributed by atoms with Crippen LogP contribution in [0.5, 0.6) is 11.5 Å². The number of hydroxylamine groups is 1. The van der Waals surface area contributed by atoms with Gasteiger partial charge < -0.3 is 14.2 Å². The van der Waals surface area contributed by atoms with Gasteiger partial charge in [0.05, 0.1) is 23.1 Å². The van der Waals surface area contributed by atoms with Crippen LogP contribution in [0.1, 0.15) is 60.5 Å². The number of amides is 1. The van der Waals surface area contributed by atoms with Crippen molar-refractivity contribution in [2.75, 3.05) is 26.8 Å². The topological polar surface area (TPSA) is 103 Å². The number of rotatable bonds is 9. The van der Waals surface area contributed by atoms with Crippen molar-refractivity contribution in [3.05, 3.63) is 53.1 Å². The first-order valence-electron chi connectivity index (χ1n) is 13.2. The fourth-order valence-corrected chi connectivity index (χ4v) is 6.52. The summed E-state index contributed by atoms with van der Waals surface area (Å²) in [5.41, 5.74) is 1.96. The van der Waals surface area contributed by atoms with Crippen LogP contribution in [0.4, 0.5) is 13.2 Å². The van der Waals surface area contributed by atoms with Crippen LogP contribution in [0, 0.1) is 0 Å². The van der Waals surface area contributed by atoms with Crippen molar-refractivity contribution >= 4 is 15.9 Å². The second-order valence-corrected chi connectivity index (χ2v) is 11.5. The lowest BCUT2D eigenvalue weighted by atomic mass is 10.0. The van der Waals surface area contributed by atoms with Gasteiger partial charge in [-0.15, -0.1) is 0 Å². The highest BCUT2D eigenvalue weighted by molar-refractivity contribution is 7.89. The Bertz CT molecular complexity index is 1270. The maximum atomic E-state index is 13.8. The Kier molecular flexibility index (Phi) is 9.60. The van der Waals surface area contributed by atoms with Crippen LogP contribution in [0.3, 0.4) is 0 Å². The lowest BCUT2D eigenvalue weighted by molar-refractivity contribution is -0.186. The maximum Gasteiger partial charge on any atom is 0.416 e. The van der Waals surface area contributed by atoms with E-state index in [1.54, 1.807) is 6.92 Å². The van der Waals surface area contributed by atoms with Gasteiger partial charge >= 0.3 is 6.18 Å². The number of alkyl halides is 3. The Morgan fingerprint density at radius 3 is 2.35 bits per heavy atom. The molecule has 0 saturated carbocycles. The molecular weight excluding hydrogens is 553 g/mol. The number of halogens is 3. The van der Waals surface area contributed by atoms with E-state index in [-0.39, 0.29) is 35.4 Å². The molecule has 9 nitrogen and oxygen atoms in total. The predicted octanol–water partition coefficient (Wildman–Crippen LogP) is 4.70. The van der Waals surface area contributed by atoms with Crippen LogP contribution in [0.15, 0.2) is 41.3 Å². The van der Waals surface area contributed by atoms with Gasteiger partial charge in [-0.3, -0.25) is 4.79 Å². The Labute approximate surface area is 231 Å². The van der Waals surface area contributed by atoms with E-state index in [9.17, 15) is 26.4 Å². The number of benzene rings is 2. The summed E-state index contributed by atoms with van der Waals surface area (Å²) < 4.78 is 84.0. The highest BCUT2D eigenvalue weighted by atomic mass is 32.2. The van der Waals surface area contributed by atoms with Gasteiger partial charge in [0.25, 0.3) is 5.91 Å². The zero-order chi connectivity index (χ0) is 28.9. The standard InChI is InChI=1S/C27H33F3N2O7S/c1-3-21-22(36-2)11-12-23(25(21)26(33)31-39-24-6-4-5-17-37-24)40(34,35)32-15-13-20(14-16-32)38-19-9-7-18(8-10-19)27(28,29)30/h7-12,20,24H,3-6,13-17H2,1-2H3,(H,31,33). The molecule has 1 N–H and O–H groups in total. The van der Waals surface area contributed by atoms with E-state index in [0.717, 1.165) is 25.0 Å². The number of methoxy groups -OCH3 is 1. The van der Waals surface area contributed by atoms with Gasteiger partial charge in [-0.25, -0.2) is 18.7 Å². The van der Waals surface area contributed by atoms with E-state index in [0.29, 0.717) is 43.6 Å². The van der Waals surface area contributed by atoms with E-state index in [1.807, 2.05) is 0 Å². The van der Waals surface area contributed by atoms with Crippen molar-refractivity contribution in [1.29, 1.82) is 0 Å². The number of sulfonamides is 1. The van der Waals surface area contributed by atoms with Crippen molar-refractivity contribution in [3.8, 4) is 11.5 Å². The molecule has 1 amide bonds. The van der Waals surface area contributed by atoms with E-state index < -0.39 is 34.0 Å². The molecule has 0 bridgehead atoms. The van der Waals surface area contributed by atoms with Crippen molar-refractivity contribution in [1.82, 2.24) is 9.79 Å². The van der Waals surface area contributed by atoms with Crippen LogP contribution in [0.25, 0.3) is 0 Å². The minimum absolute atomic E-state index is 0.0548. The van der Waals surface area contributed by atoms with Gasteiger partial charge in [0, 0.05) is 31.7 Å². The van der Waals surface area contributed by atoms with Gasteiger partial charge in [-0.05, 0) is 68.5 Å². The zero-order valence-corrected chi connectivity index (χ0v) is 23.1. The molecule has 1 atom stereocenters. The molecule has 13 heteroatoms. The minimum Gasteiger partial charge on any atom is -0.496 e. The molecule has 1 unspecified atom stereocenters. The number of hydrogen-bond acceptors (Lipinski definition) is 7. The molecule has 0 aromatic heterocycles. The van der Waals surface area contributed by atoms with E-state index in [1.165, 1.54) is 35.7 Å². The van der Waals surface area contributed by atoms with Gasteiger partial charge in [0.1, 0.15) is 17.6 Å². The van der Waals surface area contributed by atoms with Crippen LogP contribution >= 0.6 is 0 Å². The highest BCUT2D eigenvalue weighted by Gasteiger charge is 2.35. The molecular formula is C27H33F3N2O7S. The minimum atomic E-state index is -4.44. The molecule has 0 aliphatic carbocycles. The van der Waals surface area contributed by atoms with E-state index in [2.05, 4.69) is 5.48 Å². The average Bonchev–Trinajstić information content (AvgIpc) is 2.95. The SMILES string of the molecule is CCc1c(OC)ccc(S(=O)(=O)N2CCC(Oc3ccc(C(F)(F)F)cc3)CC2)c1C(=O)NOC1CCCCO1. The lowest BCUT2D eigenvalue weighted by Crippen LogP contribution is -2.42. The van der Waals surface area contributed by atoms with Crippen LogP contribution in [-0.4, -0.2) is 57.8 Å². The summed E-state index contributed by atoms with van der Waals surface area (Å²) in [5.74, 6) is -0.0638. The van der Waals surface area contributed by atoms with Crippen molar-refractivity contribution < 1.29 is 45.4 Å².